The van der Waals surface area contributed by atoms with E-state index in [0.717, 1.165) is 0 Å². The van der Waals surface area contributed by atoms with Crippen LogP contribution >= 0.6 is 0 Å². The number of hydrogen-bond donors (Lipinski definition) is 4. The first kappa shape index (κ1) is 10.9. The minimum atomic E-state index is -1.04. The lowest BCUT2D eigenvalue weighted by molar-refractivity contribution is -0.0617. The highest BCUT2D eigenvalue weighted by Gasteiger charge is 2.44. The van der Waals surface area contributed by atoms with Crippen LogP contribution in [0.25, 0.3) is 0 Å². The Morgan fingerprint density at radius 2 is 2.00 bits per heavy atom. The highest BCUT2D eigenvalue weighted by atomic mass is 16.6. The Morgan fingerprint density at radius 1 is 1.38 bits per heavy atom. The summed E-state index contributed by atoms with van der Waals surface area (Å²) in [6, 6.07) is 0. The third-order valence-corrected chi connectivity index (χ3v) is 2.42. The van der Waals surface area contributed by atoms with E-state index in [1.54, 1.807) is 0 Å². The molecule has 1 rings (SSSR count). The van der Waals surface area contributed by atoms with Gasteiger partial charge in [0.15, 0.2) is 0 Å². The predicted molar refractivity (Wildman–Crippen MR) is 46.0 cm³/mol. The number of aliphatic hydroxyl groups excluding tert-OH is 3. The Kier molecular flexibility index (Phi) is 3.63. The molecule has 0 amide bonds. The van der Waals surface area contributed by atoms with Crippen molar-refractivity contribution >= 4 is 0 Å². The Hall–Kier alpha value is -0.200. The van der Waals surface area contributed by atoms with Gasteiger partial charge in [0.1, 0.15) is 18.3 Å². The van der Waals surface area contributed by atoms with E-state index in [1.165, 1.54) is 0 Å². The number of ether oxygens (including phenoxy) is 1. The van der Waals surface area contributed by atoms with Gasteiger partial charge in [0, 0.05) is 6.54 Å². The fraction of sp³-hybridized carbons (Fsp3) is 1.00. The molecule has 0 spiro atoms. The average Bonchev–Trinajstić information content (AvgIpc) is 2.43. The second-order valence-corrected chi connectivity index (χ2v) is 3.33. The SMILES string of the molecule is CCC1OC([C@@H](O)CN)[C@H](O)[C@@H]1O. The fourth-order valence-corrected chi connectivity index (χ4v) is 1.57. The van der Waals surface area contributed by atoms with Crippen molar-refractivity contribution in [3.05, 3.63) is 0 Å². The van der Waals surface area contributed by atoms with E-state index in [0.29, 0.717) is 6.42 Å². The van der Waals surface area contributed by atoms with Crippen molar-refractivity contribution in [2.75, 3.05) is 6.54 Å². The van der Waals surface area contributed by atoms with Crippen LogP contribution in [-0.2, 0) is 4.74 Å². The Bertz CT molecular complexity index is 166. The van der Waals surface area contributed by atoms with E-state index in [4.69, 9.17) is 10.5 Å². The molecule has 5 heteroatoms. The Balaban J connectivity index is 2.60. The van der Waals surface area contributed by atoms with Gasteiger partial charge >= 0.3 is 0 Å². The van der Waals surface area contributed by atoms with Crippen molar-refractivity contribution in [1.29, 1.82) is 0 Å². The first-order chi connectivity index (χ1) is 6.11. The van der Waals surface area contributed by atoms with Gasteiger partial charge in [-0.15, -0.1) is 0 Å². The molecule has 0 aromatic heterocycles. The van der Waals surface area contributed by atoms with Crippen LogP contribution in [0.15, 0.2) is 0 Å². The third kappa shape index (κ3) is 2.00. The van der Waals surface area contributed by atoms with Crippen molar-refractivity contribution in [1.82, 2.24) is 0 Å². The maximum Gasteiger partial charge on any atom is 0.114 e. The lowest BCUT2D eigenvalue weighted by Gasteiger charge is -2.19. The van der Waals surface area contributed by atoms with Gasteiger partial charge in [0.05, 0.1) is 12.2 Å². The van der Waals surface area contributed by atoms with Gasteiger partial charge in [0.25, 0.3) is 0 Å². The van der Waals surface area contributed by atoms with Crippen molar-refractivity contribution in [3.63, 3.8) is 0 Å². The van der Waals surface area contributed by atoms with Crippen LogP contribution in [0.3, 0.4) is 0 Å². The van der Waals surface area contributed by atoms with Gasteiger partial charge in [-0.2, -0.15) is 0 Å². The smallest absolute Gasteiger partial charge is 0.114 e. The Morgan fingerprint density at radius 3 is 2.38 bits per heavy atom. The monoisotopic (exact) mass is 191 g/mol. The van der Waals surface area contributed by atoms with Gasteiger partial charge < -0.3 is 25.8 Å². The number of nitrogens with two attached hydrogens (primary N) is 1. The van der Waals surface area contributed by atoms with E-state index < -0.39 is 30.5 Å². The molecular formula is C8H17NO4. The zero-order valence-electron chi connectivity index (χ0n) is 7.63. The first-order valence-corrected chi connectivity index (χ1v) is 4.51. The number of rotatable bonds is 3. The molecule has 5 N–H and O–H groups in total. The van der Waals surface area contributed by atoms with Crippen LogP contribution in [0, 0.1) is 0 Å². The summed E-state index contributed by atoms with van der Waals surface area (Å²) in [6.07, 6.45) is -3.43. The van der Waals surface area contributed by atoms with E-state index >= 15 is 0 Å². The molecule has 2 unspecified atom stereocenters. The molecule has 0 radical (unpaired) electrons. The van der Waals surface area contributed by atoms with Crippen LogP contribution in [0.2, 0.25) is 0 Å². The van der Waals surface area contributed by atoms with E-state index in [-0.39, 0.29) is 6.54 Å². The summed E-state index contributed by atoms with van der Waals surface area (Å²) in [5.74, 6) is 0. The molecule has 0 aliphatic carbocycles. The molecule has 0 saturated carbocycles. The molecule has 1 aliphatic heterocycles. The molecule has 0 aromatic carbocycles. The fourth-order valence-electron chi connectivity index (χ4n) is 1.57. The molecule has 1 fully saturated rings. The normalized spacial score (nSPS) is 42.2. The second kappa shape index (κ2) is 4.34. The quantitative estimate of drug-likeness (QED) is 0.422. The summed E-state index contributed by atoms with van der Waals surface area (Å²) in [7, 11) is 0. The van der Waals surface area contributed by atoms with Crippen LogP contribution < -0.4 is 5.73 Å². The molecule has 13 heavy (non-hydrogen) atoms. The van der Waals surface area contributed by atoms with Gasteiger partial charge in [-0.25, -0.2) is 0 Å². The lowest BCUT2D eigenvalue weighted by Crippen LogP contribution is -2.42. The summed E-state index contributed by atoms with van der Waals surface area (Å²) in [6.45, 7) is 1.86. The molecule has 1 saturated heterocycles. The van der Waals surface area contributed by atoms with Crippen molar-refractivity contribution in [2.45, 2.75) is 43.9 Å². The van der Waals surface area contributed by atoms with E-state index in [2.05, 4.69) is 0 Å². The van der Waals surface area contributed by atoms with Crippen molar-refractivity contribution in [3.8, 4) is 0 Å². The Labute approximate surface area is 77.1 Å². The zero-order chi connectivity index (χ0) is 10.0. The maximum absolute atomic E-state index is 9.47. The lowest BCUT2D eigenvalue weighted by atomic mass is 10.0. The molecule has 5 atom stereocenters. The number of hydrogen-bond acceptors (Lipinski definition) is 5. The van der Waals surface area contributed by atoms with Crippen LogP contribution in [0.1, 0.15) is 13.3 Å². The van der Waals surface area contributed by atoms with E-state index in [9.17, 15) is 15.3 Å². The summed E-state index contributed by atoms with van der Waals surface area (Å²) < 4.78 is 5.26. The molecule has 1 aliphatic rings. The topological polar surface area (TPSA) is 95.9 Å². The molecule has 0 bridgehead atoms. The number of aliphatic hydroxyl groups is 3. The molecular weight excluding hydrogens is 174 g/mol. The van der Waals surface area contributed by atoms with Crippen LogP contribution in [0.4, 0.5) is 0 Å². The molecule has 5 nitrogen and oxygen atoms in total. The third-order valence-electron chi connectivity index (χ3n) is 2.42. The zero-order valence-corrected chi connectivity index (χ0v) is 7.63. The standard InChI is InChI=1S/C8H17NO4/c1-2-5-6(11)7(12)8(13-5)4(10)3-9/h4-8,10-12H,2-3,9H2,1H3/t4-,5?,6+,7+,8?/m0/s1. The predicted octanol–water partition coefficient (Wildman–Crippen LogP) is -1.79. The minimum absolute atomic E-state index is 0.0187. The summed E-state index contributed by atoms with van der Waals surface area (Å²) in [4.78, 5) is 0. The van der Waals surface area contributed by atoms with Crippen molar-refractivity contribution in [2.24, 2.45) is 5.73 Å². The molecule has 0 aromatic rings. The molecule has 78 valence electrons. The largest absolute Gasteiger partial charge is 0.389 e. The average molecular weight is 191 g/mol. The van der Waals surface area contributed by atoms with Crippen LogP contribution in [0.5, 0.6) is 0 Å². The van der Waals surface area contributed by atoms with Crippen molar-refractivity contribution < 1.29 is 20.1 Å². The van der Waals surface area contributed by atoms with E-state index in [1.807, 2.05) is 6.92 Å². The van der Waals surface area contributed by atoms with Gasteiger partial charge in [-0.1, -0.05) is 6.92 Å². The van der Waals surface area contributed by atoms with Gasteiger partial charge in [-0.3, -0.25) is 0 Å². The summed E-state index contributed by atoms with van der Waals surface area (Å²) in [5, 5.41) is 28.3. The highest BCUT2D eigenvalue weighted by molar-refractivity contribution is 4.93. The summed E-state index contributed by atoms with van der Waals surface area (Å²) >= 11 is 0. The first-order valence-electron chi connectivity index (χ1n) is 4.51. The molecule has 1 heterocycles. The minimum Gasteiger partial charge on any atom is -0.389 e. The summed E-state index contributed by atoms with van der Waals surface area (Å²) in [5.41, 5.74) is 5.22. The van der Waals surface area contributed by atoms with Crippen LogP contribution in [-0.4, -0.2) is 52.4 Å². The second-order valence-electron chi connectivity index (χ2n) is 3.33. The van der Waals surface area contributed by atoms with Gasteiger partial charge in [0.2, 0.25) is 0 Å². The van der Waals surface area contributed by atoms with Gasteiger partial charge in [-0.05, 0) is 6.42 Å². The highest BCUT2D eigenvalue weighted by Crippen LogP contribution is 2.25. The maximum atomic E-state index is 9.47.